The molecule has 184 valence electrons. The number of anilines is 1. The van der Waals surface area contributed by atoms with Gasteiger partial charge in [0.2, 0.25) is 21.8 Å². The molecule has 1 saturated heterocycles. The van der Waals surface area contributed by atoms with Crippen molar-refractivity contribution in [2.24, 2.45) is 0 Å². The van der Waals surface area contributed by atoms with Crippen LogP contribution in [0.2, 0.25) is 0 Å². The number of carbonyl (C=O) groups is 2. The molecule has 0 radical (unpaired) electrons. The molecule has 33 heavy (non-hydrogen) atoms. The summed E-state index contributed by atoms with van der Waals surface area (Å²) in [7, 11) is -3.60. The van der Waals surface area contributed by atoms with Crippen LogP contribution in [0.1, 0.15) is 58.4 Å². The molecule has 0 bridgehead atoms. The zero-order valence-electron chi connectivity index (χ0n) is 20.2. The van der Waals surface area contributed by atoms with Gasteiger partial charge in [0.25, 0.3) is 0 Å². The summed E-state index contributed by atoms with van der Waals surface area (Å²) in [6.07, 6.45) is 6.27. The van der Waals surface area contributed by atoms with Crippen LogP contribution in [0.5, 0.6) is 0 Å². The second kappa shape index (κ2) is 11.4. The van der Waals surface area contributed by atoms with Gasteiger partial charge in [-0.2, -0.15) is 4.31 Å². The lowest BCUT2D eigenvalue weighted by atomic mass is 10.1. The van der Waals surface area contributed by atoms with Crippen molar-refractivity contribution in [3.8, 4) is 0 Å². The lowest BCUT2D eigenvalue weighted by Crippen LogP contribution is -2.47. The average molecular weight is 479 g/mol. The number of hydrogen-bond acceptors (Lipinski definition) is 5. The summed E-state index contributed by atoms with van der Waals surface area (Å²) in [5, 5.41) is 2.99. The van der Waals surface area contributed by atoms with E-state index in [1.165, 1.54) is 47.9 Å². The third-order valence-electron chi connectivity index (χ3n) is 6.67. The molecule has 1 atom stereocenters. The molecule has 0 aliphatic carbocycles. The van der Waals surface area contributed by atoms with E-state index in [0.717, 1.165) is 26.1 Å². The van der Waals surface area contributed by atoms with E-state index in [-0.39, 0.29) is 16.7 Å². The maximum absolute atomic E-state index is 13.0. The quantitative estimate of drug-likeness (QED) is 0.551. The number of fused-ring (bicyclic) bond motifs is 1. The van der Waals surface area contributed by atoms with Crippen LogP contribution in [-0.2, 0) is 26.0 Å². The molecular formula is C24H38N4O4S. The van der Waals surface area contributed by atoms with E-state index in [0.29, 0.717) is 37.3 Å². The van der Waals surface area contributed by atoms with Gasteiger partial charge in [-0.25, -0.2) is 8.42 Å². The van der Waals surface area contributed by atoms with Crippen molar-refractivity contribution in [2.75, 3.05) is 44.2 Å². The van der Waals surface area contributed by atoms with Gasteiger partial charge in [-0.3, -0.25) is 14.5 Å². The van der Waals surface area contributed by atoms with E-state index < -0.39 is 16.1 Å². The van der Waals surface area contributed by atoms with E-state index >= 15 is 0 Å². The molecule has 0 aromatic heterocycles. The molecule has 1 aromatic carbocycles. The highest BCUT2D eigenvalue weighted by atomic mass is 32.2. The monoisotopic (exact) mass is 478 g/mol. The topological polar surface area (TPSA) is 90.0 Å². The molecule has 9 heteroatoms. The largest absolute Gasteiger partial charge is 0.354 e. The van der Waals surface area contributed by atoms with Crippen molar-refractivity contribution in [1.82, 2.24) is 14.5 Å². The summed E-state index contributed by atoms with van der Waals surface area (Å²) in [6, 6.07) is 4.15. The Morgan fingerprint density at radius 1 is 1.09 bits per heavy atom. The van der Waals surface area contributed by atoms with Crippen LogP contribution in [0.15, 0.2) is 23.1 Å². The number of likely N-dealkylation sites (tertiary alicyclic amines) is 1. The normalized spacial score (nSPS) is 19.4. The Morgan fingerprint density at radius 3 is 2.36 bits per heavy atom. The van der Waals surface area contributed by atoms with Gasteiger partial charge in [0.1, 0.15) is 6.04 Å². The van der Waals surface area contributed by atoms with E-state index in [1.54, 1.807) is 26.0 Å². The summed E-state index contributed by atoms with van der Waals surface area (Å²) in [6.45, 7) is 9.61. The highest BCUT2D eigenvalue weighted by Gasteiger charge is 2.37. The third-order valence-corrected chi connectivity index (χ3v) is 8.72. The number of carbonyl (C=O) groups excluding carboxylic acids is 2. The van der Waals surface area contributed by atoms with E-state index in [9.17, 15) is 18.0 Å². The second-order valence-corrected chi connectivity index (χ2v) is 10.8. The van der Waals surface area contributed by atoms with Crippen LogP contribution >= 0.6 is 0 Å². The number of rotatable bonds is 9. The van der Waals surface area contributed by atoms with Crippen LogP contribution in [0.4, 0.5) is 5.69 Å². The van der Waals surface area contributed by atoms with E-state index in [4.69, 9.17) is 0 Å². The molecular weight excluding hydrogens is 440 g/mol. The van der Waals surface area contributed by atoms with Crippen molar-refractivity contribution in [3.05, 3.63) is 23.8 Å². The van der Waals surface area contributed by atoms with Gasteiger partial charge in [-0.1, -0.05) is 26.7 Å². The Labute approximate surface area is 198 Å². The van der Waals surface area contributed by atoms with Crippen LogP contribution in [0.25, 0.3) is 0 Å². The average Bonchev–Trinajstić information content (AvgIpc) is 2.98. The van der Waals surface area contributed by atoms with Crippen LogP contribution in [0.3, 0.4) is 0 Å². The molecule has 3 rings (SSSR count). The summed E-state index contributed by atoms with van der Waals surface area (Å²) < 4.78 is 27.2. The van der Waals surface area contributed by atoms with Gasteiger partial charge in [0, 0.05) is 38.7 Å². The minimum absolute atomic E-state index is 0.189. The highest BCUT2D eigenvalue weighted by molar-refractivity contribution is 7.89. The van der Waals surface area contributed by atoms with Gasteiger partial charge >= 0.3 is 0 Å². The Kier molecular flexibility index (Phi) is 8.89. The smallest absolute Gasteiger partial charge is 0.243 e. The summed E-state index contributed by atoms with van der Waals surface area (Å²) in [5.74, 6) is -0.414. The fourth-order valence-corrected chi connectivity index (χ4v) is 6.40. The number of nitrogens with zero attached hydrogens (tertiary/aromatic N) is 3. The van der Waals surface area contributed by atoms with Crippen LogP contribution < -0.4 is 10.2 Å². The molecule has 8 nitrogen and oxygen atoms in total. The van der Waals surface area contributed by atoms with Crippen molar-refractivity contribution in [2.45, 2.75) is 70.2 Å². The van der Waals surface area contributed by atoms with Gasteiger partial charge in [0.05, 0.1) is 4.90 Å². The van der Waals surface area contributed by atoms with Crippen molar-refractivity contribution >= 4 is 27.5 Å². The number of hydrogen-bond donors (Lipinski definition) is 1. The number of sulfonamides is 1. The Hall–Kier alpha value is -1.97. The van der Waals surface area contributed by atoms with Gasteiger partial charge < -0.3 is 10.2 Å². The molecule has 2 aliphatic rings. The lowest BCUT2D eigenvalue weighted by molar-refractivity contribution is -0.125. The summed E-state index contributed by atoms with van der Waals surface area (Å²) in [5.41, 5.74) is 1.33. The second-order valence-electron chi connectivity index (χ2n) is 8.89. The molecule has 2 aliphatic heterocycles. The number of benzene rings is 1. The predicted octanol–water partition coefficient (Wildman–Crippen LogP) is 2.38. The first-order chi connectivity index (χ1) is 15.8. The summed E-state index contributed by atoms with van der Waals surface area (Å²) in [4.78, 5) is 29.5. The standard InChI is InChI=1S/C24H38N4O4S/c1-4-27(5-2)33(31,32)21-11-12-22-20(17-21)18-23(28(22)19(3)29)24(30)25-13-10-16-26-14-8-6-7-9-15-26/h11-12,17,23H,4-10,13-16,18H2,1-3H3,(H,25,30)/t23-/m0/s1. The molecule has 2 heterocycles. The summed E-state index contributed by atoms with van der Waals surface area (Å²) >= 11 is 0. The molecule has 2 amide bonds. The van der Waals surface area contributed by atoms with Crippen molar-refractivity contribution in [1.29, 1.82) is 0 Å². The third kappa shape index (κ3) is 5.94. The minimum atomic E-state index is -3.60. The van der Waals surface area contributed by atoms with Crippen LogP contribution in [0, 0.1) is 0 Å². The predicted molar refractivity (Wildman–Crippen MR) is 130 cm³/mol. The molecule has 1 N–H and O–H groups in total. The zero-order chi connectivity index (χ0) is 24.0. The molecule has 0 unspecified atom stereocenters. The SMILES string of the molecule is CCN(CC)S(=O)(=O)c1ccc2c(c1)C[C@@H](C(=O)NCCCN1CCCCCC1)N2C(C)=O. The maximum Gasteiger partial charge on any atom is 0.243 e. The van der Waals surface area contributed by atoms with Gasteiger partial charge in [-0.15, -0.1) is 0 Å². The first-order valence-corrected chi connectivity index (χ1v) is 13.7. The molecule has 1 aromatic rings. The Morgan fingerprint density at radius 2 is 1.76 bits per heavy atom. The maximum atomic E-state index is 13.0. The molecule has 0 saturated carbocycles. The van der Waals surface area contributed by atoms with E-state index in [2.05, 4.69) is 10.2 Å². The first-order valence-electron chi connectivity index (χ1n) is 12.2. The Bertz CT molecular complexity index is 938. The van der Waals surface area contributed by atoms with Crippen molar-refractivity contribution in [3.63, 3.8) is 0 Å². The molecule has 0 spiro atoms. The van der Waals surface area contributed by atoms with E-state index in [1.807, 2.05) is 0 Å². The lowest BCUT2D eigenvalue weighted by Gasteiger charge is -2.24. The fraction of sp³-hybridized carbons (Fsp3) is 0.667. The fourth-order valence-electron chi connectivity index (χ4n) is 4.89. The Balaban J connectivity index is 1.66. The van der Waals surface area contributed by atoms with Crippen molar-refractivity contribution < 1.29 is 18.0 Å². The number of nitrogens with one attached hydrogen (secondary N) is 1. The van der Waals surface area contributed by atoms with Crippen LogP contribution in [-0.4, -0.2) is 74.7 Å². The minimum Gasteiger partial charge on any atom is -0.354 e. The van der Waals surface area contributed by atoms with Gasteiger partial charge in [-0.05, 0) is 62.7 Å². The van der Waals surface area contributed by atoms with Gasteiger partial charge in [0.15, 0.2) is 0 Å². The first kappa shape index (κ1) is 25.6. The number of amides is 2. The highest BCUT2D eigenvalue weighted by Crippen LogP contribution is 2.34. The molecule has 1 fully saturated rings. The zero-order valence-corrected chi connectivity index (χ0v) is 21.0.